The van der Waals surface area contributed by atoms with Gasteiger partial charge >= 0.3 is 5.97 Å². The van der Waals surface area contributed by atoms with Gasteiger partial charge in [0.2, 0.25) is 0 Å². The van der Waals surface area contributed by atoms with Crippen LogP contribution < -0.4 is 0 Å². The highest BCUT2D eigenvalue weighted by molar-refractivity contribution is 5.66. The number of nitrogens with zero attached hydrogens (tertiary/aromatic N) is 2. The highest BCUT2D eigenvalue weighted by atomic mass is 16.4. The second-order valence-corrected chi connectivity index (χ2v) is 3.13. The van der Waals surface area contributed by atoms with E-state index in [9.17, 15) is 4.79 Å². The molecule has 1 N–H and O–H groups in total. The lowest BCUT2D eigenvalue weighted by Gasteiger charge is -2.06. The molecule has 0 saturated heterocycles. The molecule has 4 heteroatoms. The molecule has 0 radical (unpaired) electrons. The molecule has 0 aliphatic carbocycles. The summed E-state index contributed by atoms with van der Waals surface area (Å²) in [7, 11) is 0. The smallest absolute Gasteiger partial charge is 0.303 e. The summed E-state index contributed by atoms with van der Waals surface area (Å²) in [5.41, 5.74) is -0.318. The highest BCUT2D eigenvalue weighted by Gasteiger charge is 2.38. The van der Waals surface area contributed by atoms with Crippen molar-refractivity contribution in [1.29, 1.82) is 0 Å². The maximum Gasteiger partial charge on any atom is 0.303 e. The largest absolute Gasteiger partial charge is 0.481 e. The summed E-state index contributed by atoms with van der Waals surface area (Å²) in [4.78, 5) is 10.2. The van der Waals surface area contributed by atoms with Crippen LogP contribution in [0.2, 0.25) is 0 Å². The molecule has 1 aliphatic heterocycles. The lowest BCUT2D eigenvalue weighted by Crippen LogP contribution is -2.11. The van der Waals surface area contributed by atoms with E-state index in [1.165, 1.54) is 0 Å². The monoisotopic (exact) mass is 180 g/mol. The third-order valence-electron chi connectivity index (χ3n) is 2.02. The molecule has 4 nitrogen and oxygen atoms in total. The van der Waals surface area contributed by atoms with E-state index in [0.717, 1.165) is 6.42 Å². The summed E-state index contributed by atoms with van der Waals surface area (Å²) in [5, 5.41) is 16.2. The Morgan fingerprint density at radius 3 is 2.62 bits per heavy atom. The highest BCUT2D eigenvalue weighted by Crippen LogP contribution is 2.37. The summed E-state index contributed by atoms with van der Waals surface area (Å²) in [6, 6.07) is 0. The molecule has 0 aromatic carbocycles. The van der Waals surface area contributed by atoms with Gasteiger partial charge in [0.05, 0.1) is 0 Å². The molecule has 13 heavy (non-hydrogen) atoms. The molecular formula is C9H12N2O2. The number of hydrogen-bond acceptors (Lipinski definition) is 3. The van der Waals surface area contributed by atoms with Gasteiger partial charge in [-0.3, -0.25) is 4.79 Å². The van der Waals surface area contributed by atoms with E-state index >= 15 is 0 Å². The summed E-state index contributed by atoms with van der Waals surface area (Å²) < 4.78 is 0. The maximum atomic E-state index is 10.2. The first-order valence-electron chi connectivity index (χ1n) is 4.28. The van der Waals surface area contributed by atoms with Gasteiger partial charge in [0.15, 0.2) is 5.66 Å². The quantitative estimate of drug-likeness (QED) is 0.633. The van der Waals surface area contributed by atoms with Crippen molar-refractivity contribution in [2.75, 3.05) is 0 Å². The molecular weight excluding hydrogens is 168 g/mol. The number of hydrogen-bond donors (Lipinski definition) is 1. The van der Waals surface area contributed by atoms with Crippen LogP contribution in [0.25, 0.3) is 0 Å². The SMILES string of the molecule is C#CCCC1(CCCC(=O)O)N=N1. The summed E-state index contributed by atoms with van der Waals surface area (Å²) >= 11 is 0. The van der Waals surface area contributed by atoms with Crippen molar-refractivity contribution in [3.8, 4) is 12.3 Å². The minimum absolute atomic E-state index is 0.183. The molecule has 70 valence electrons. The molecule has 0 bridgehead atoms. The van der Waals surface area contributed by atoms with Crippen molar-refractivity contribution in [1.82, 2.24) is 0 Å². The first-order chi connectivity index (χ1) is 6.18. The molecule has 0 spiro atoms. The Bertz CT molecular complexity index is 259. The Hall–Kier alpha value is -1.37. The molecule has 0 unspecified atom stereocenters. The van der Waals surface area contributed by atoms with E-state index in [4.69, 9.17) is 11.5 Å². The zero-order chi connectivity index (χ0) is 9.73. The first kappa shape index (κ1) is 9.72. The molecule has 0 atom stereocenters. The number of aliphatic carboxylic acids is 1. The molecule has 0 saturated carbocycles. The predicted molar refractivity (Wildman–Crippen MR) is 47.1 cm³/mol. The standard InChI is InChI=1S/C9H12N2O2/c1-2-3-6-9(10-11-9)7-4-5-8(12)13/h1H,3-7H2,(H,12,13). The molecule has 0 aromatic rings. The Morgan fingerprint density at radius 2 is 2.15 bits per heavy atom. The van der Waals surface area contributed by atoms with Gasteiger partial charge < -0.3 is 5.11 Å². The molecule has 0 amide bonds. The van der Waals surface area contributed by atoms with Crippen LogP contribution in [-0.4, -0.2) is 16.7 Å². The van der Waals surface area contributed by atoms with Crippen LogP contribution in [0.15, 0.2) is 10.2 Å². The van der Waals surface area contributed by atoms with Crippen LogP contribution in [0.4, 0.5) is 0 Å². The van der Waals surface area contributed by atoms with Gasteiger partial charge in [-0.1, -0.05) is 0 Å². The minimum atomic E-state index is -0.771. The molecule has 1 aliphatic rings. The Kier molecular flexibility index (Phi) is 3.02. The van der Waals surface area contributed by atoms with Gasteiger partial charge in [-0.15, -0.1) is 12.3 Å². The summed E-state index contributed by atoms with van der Waals surface area (Å²) in [6.07, 6.45) is 8.03. The van der Waals surface area contributed by atoms with E-state index in [0.29, 0.717) is 19.3 Å². The third kappa shape index (κ3) is 3.24. The Balaban J connectivity index is 2.13. The average molecular weight is 180 g/mol. The van der Waals surface area contributed by atoms with E-state index in [-0.39, 0.29) is 12.1 Å². The van der Waals surface area contributed by atoms with Gasteiger partial charge in [-0.05, 0) is 12.8 Å². The van der Waals surface area contributed by atoms with Crippen molar-refractivity contribution in [3.05, 3.63) is 0 Å². The van der Waals surface area contributed by atoms with Gasteiger partial charge in [0.1, 0.15) is 0 Å². The fourth-order valence-corrected chi connectivity index (χ4v) is 1.19. The molecule has 0 fully saturated rings. The third-order valence-corrected chi connectivity index (χ3v) is 2.02. The van der Waals surface area contributed by atoms with E-state index < -0.39 is 5.97 Å². The Morgan fingerprint density at radius 1 is 1.46 bits per heavy atom. The van der Waals surface area contributed by atoms with Crippen LogP contribution in [0.3, 0.4) is 0 Å². The number of terminal acetylenes is 1. The van der Waals surface area contributed by atoms with Crippen LogP contribution >= 0.6 is 0 Å². The lowest BCUT2D eigenvalue weighted by molar-refractivity contribution is -0.137. The van der Waals surface area contributed by atoms with Crippen LogP contribution in [0, 0.1) is 12.3 Å². The second kappa shape index (κ2) is 4.04. The molecule has 0 aromatic heterocycles. The van der Waals surface area contributed by atoms with Crippen LogP contribution in [-0.2, 0) is 4.79 Å². The van der Waals surface area contributed by atoms with E-state index in [1.807, 2.05) is 0 Å². The van der Waals surface area contributed by atoms with Gasteiger partial charge in [-0.25, -0.2) is 0 Å². The number of carboxylic acids is 1. The molecule has 1 heterocycles. The predicted octanol–water partition coefficient (Wildman–Crippen LogP) is 1.82. The molecule has 1 rings (SSSR count). The van der Waals surface area contributed by atoms with Crippen LogP contribution in [0.5, 0.6) is 0 Å². The fourth-order valence-electron chi connectivity index (χ4n) is 1.19. The lowest BCUT2D eigenvalue weighted by atomic mass is 10.0. The van der Waals surface area contributed by atoms with Crippen molar-refractivity contribution >= 4 is 5.97 Å². The van der Waals surface area contributed by atoms with Crippen molar-refractivity contribution < 1.29 is 9.90 Å². The van der Waals surface area contributed by atoms with Crippen molar-refractivity contribution in [2.24, 2.45) is 10.2 Å². The normalized spacial score (nSPS) is 16.5. The van der Waals surface area contributed by atoms with Crippen molar-refractivity contribution in [2.45, 2.75) is 37.8 Å². The van der Waals surface area contributed by atoms with Gasteiger partial charge in [0.25, 0.3) is 0 Å². The number of rotatable bonds is 6. The van der Waals surface area contributed by atoms with Crippen molar-refractivity contribution in [3.63, 3.8) is 0 Å². The second-order valence-electron chi connectivity index (χ2n) is 3.13. The summed E-state index contributed by atoms with van der Waals surface area (Å²) in [6.45, 7) is 0. The van der Waals surface area contributed by atoms with Gasteiger partial charge in [-0.2, -0.15) is 10.2 Å². The topological polar surface area (TPSA) is 62.0 Å². The zero-order valence-corrected chi connectivity index (χ0v) is 7.36. The van der Waals surface area contributed by atoms with Gasteiger partial charge in [0, 0.05) is 19.3 Å². The average Bonchev–Trinajstić information content (AvgIpc) is 2.82. The van der Waals surface area contributed by atoms with Crippen LogP contribution in [0.1, 0.15) is 32.1 Å². The fraction of sp³-hybridized carbons (Fsp3) is 0.667. The first-order valence-corrected chi connectivity index (χ1v) is 4.28. The Labute approximate surface area is 77.1 Å². The number of carboxylic acid groups (broad SMARTS) is 1. The number of carbonyl (C=O) groups is 1. The summed E-state index contributed by atoms with van der Waals surface area (Å²) in [5.74, 6) is 1.76. The minimum Gasteiger partial charge on any atom is -0.481 e. The van der Waals surface area contributed by atoms with E-state index in [2.05, 4.69) is 16.1 Å². The maximum absolute atomic E-state index is 10.2. The van der Waals surface area contributed by atoms with E-state index in [1.54, 1.807) is 0 Å². The zero-order valence-electron chi connectivity index (χ0n) is 7.36.